The van der Waals surface area contributed by atoms with Crippen LogP contribution in [0.25, 0.3) is 10.4 Å². The quantitative estimate of drug-likeness (QED) is 0.520. The predicted molar refractivity (Wildman–Crippen MR) is 91.4 cm³/mol. The Kier molecular flexibility index (Phi) is 4.22. The highest BCUT2D eigenvalue weighted by Gasteiger charge is 2.09. The van der Waals surface area contributed by atoms with Crippen LogP contribution in [0.3, 0.4) is 0 Å². The lowest BCUT2D eigenvalue weighted by Gasteiger charge is -2.05. The fraction of sp³-hybridized carbons (Fsp3) is 0.111. The van der Waals surface area contributed by atoms with Gasteiger partial charge in [-0.05, 0) is 48.4 Å². The monoisotopic (exact) mass is 360 g/mol. The van der Waals surface area contributed by atoms with Gasteiger partial charge in [-0.2, -0.15) is 0 Å². The molecule has 0 unspecified atom stereocenters. The lowest BCUT2D eigenvalue weighted by molar-refractivity contribution is 0.631. The minimum Gasteiger partial charge on any atom is -0.206 e. The lowest BCUT2D eigenvalue weighted by Crippen LogP contribution is -1.89. The maximum atomic E-state index is 13.8. The molecule has 1 heterocycles. The first-order valence-electron chi connectivity index (χ1n) is 6.72. The first-order chi connectivity index (χ1) is 10.1. The van der Waals surface area contributed by atoms with Gasteiger partial charge in [0.15, 0.2) is 0 Å². The van der Waals surface area contributed by atoms with Crippen molar-refractivity contribution >= 4 is 27.3 Å². The van der Waals surface area contributed by atoms with Gasteiger partial charge < -0.3 is 0 Å². The van der Waals surface area contributed by atoms with Gasteiger partial charge in [0.05, 0.1) is 0 Å². The van der Waals surface area contributed by atoms with Crippen molar-refractivity contribution in [2.24, 2.45) is 0 Å². The number of halogens is 2. The molecule has 0 aliphatic rings. The van der Waals surface area contributed by atoms with E-state index in [2.05, 4.69) is 47.1 Å². The van der Waals surface area contributed by atoms with Crippen LogP contribution in [-0.4, -0.2) is 0 Å². The summed E-state index contributed by atoms with van der Waals surface area (Å²) in [5.74, 6) is -0.162. The largest absolute Gasteiger partial charge is 0.206 e. The summed E-state index contributed by atoms with van der Waals surface area (Å²) in [5, 5.41) is 0. The number of hydrogen-bond donors (Lipinski definition) is 0. The van der Waals surface area contributed by atoms with Crippen LogP contribution >= 0.6 is 27.3 Å². The van der Waals surface area contributed by atoms with E-state index in [9.17, 15) is 4.39 Å². The molecule has 106 valence electrons. The first kappa shape index (κ1) is 14.5. The van der Waals surface area contributed by atoms with E-state index in [1.807, 2.05) is 18.2 Å². The van der Waals surface area contributed by atoms with E-state index in [1.165, 1.54) is 22.1 Å². The van der Waals surface area contributed by atoms with E-state index in [-0.39, 0.29) is 5.82 Å². The summed E-state index contributed by atoms with van der Waals surface area (Å²) >= 11 is 5.17. The normalized spacial score (nSPS) is 10.8. The van der Waals surface area contributed by atoms with Gasteiger partial charge in [-0.15, -0.1) is 11.3 Å². The van der Waals surface area contributed by atoms with Crippen LogP contribution in [0.4, 0.5) is 4.39 Å². The van der Waals surface area contributed by atoms with E-state index in [4.69, 9.17) is 0 Å². The average molecular weight is 361 g/mol. The zero-order valence-corrected chi connectivity index (χ0v) is 14.0. The number of rotatable bonds is 3. The van der Waals surface area contributed by atoms with Gasteiger partial charge in [0.25, 0.3) is 0 Å². The van der Waals surface area contributed by atoms with E-state index >= 15 is 0 Å². The van der Waals surface area contributed by atoms with Gasteiger partial charge in [0.2, 0.25) is 0 Å². The standard InChI is InChI=1S/C18H14BrFS/c1-12-6-7-14(19)10-13(12)11-15-8-9-18(21-15)16-4-2-3-5-17(16)20/h2-10H,11H2,1H3. The molecule has 0 radical (unpaired) electrons. The summed E-state index contributed by atoms with van der Waals surface area (Å²) in [6, 6.07) is 17.3. The Morgan fingerprint density at radius 1 is 1.05 bits per heavy atom. The van der Waals surface area contributed by atoms with E-state index in [0.717, 1.165) is 15.8 Å². The molecule has 0 aliphatic carbocycles. The van der Waals surface area contributed by atoms with E-state index in [1.54, 1.807) is 17.4 Å². The summed E-state index contributed by atoms with van der Waals surface area (Å²) in [7, 11) is 0. The molecule has 0 N–H and O–H groups in total. The summed E-state index contributed by atoms with van der Waals surface area (Å²) in [5.41, 5.74) is 3.25. The van der Waals surface area contributed by atoms with Gasteiger partial charge in [0.1, 0.15) is 5.82 Å². The molecule has 0 fully saturated rings. The van der Waals surface area contributed by atoms with Crippen LogP contribution in [0.5, 0.6) is 0 Å². The SMILES string of the molecule is Cc1ccc(Br)cc1Cc1ccc(-c2ccccc2F)s1. The summed E-state index contributed by atoms with van der Waals surface area (Å²) in [6.07, 6.45) is 0.879. The van der Waals surface area contributed by atoms with Crippen LogP contribution < -0.4 is 0 Å². The number of benzene rings is 2. The first-order valence-corrected chi connectivity index (χ1v) is 8.33. The molecule has 0 saturated carbocycles. The Morgan fingerprint density at radius 3 is 2.67 bits per heavy atom. The smallest absolute Gasteiger partial charge is 0.131 e. The predicted octanol–water partition coefficient (Wildman–Crippen LogP) is 6.22. The third kappa shape index (κ3) is 3.25. The van der Waals surface area contributed by atoms with Gasteiger partial charge in [-0.25, -0.2) is 4.39 Å². The van der Waals surface area contributed by atoms with Crippen molar-refractivity contribution < 1.29 is 4.39 Å². The Bertz CT molecular complexity index is 776. The molecule has 1 aromatic heterocycles. The zero-order chi connectivity index (χ0) is 14.8. The fourth-order valence-electron chi connectivity index (χ4n) is 2.30. The molecule has 3 heteroatoms. The molecular formula is C18H14BrFS. The van der Waals surface area contributed by atoms with Crippen LogP contribution in [-0.2, 0) is 6.42 Å². The minimum atomic E-state index is -0.162. The van der Waals surface area contributed by atoms with Crippen molar-refractivity contribution in [3.8, 4) is 10.4 Å². The molecule has 2 aromatic carbocycles. The Balaban J connectivity index is 1.89. The van der Waals surface area contributed by atoms with Crippen molar-refractivity contribution in [3.05, 3.63) is 80.9 Å². The second-order valence-electron chi connectivity index (χ2n) is 4.99. The Morgan fingerprint density at radius 2 is 1.86 bits per heavy atom. The van der Waals surface area contributed by atoms with Crippen LogP contribution in [0, 0.1) is 12.7 Å². The van der Waals surface area contributed by atoms with Gasteiger partial charge in [-0.1, -0.05) is 40.2 Å². The summed E-state index contributed by atoms with van der Waals surface area (Å²) in [4.78, 5) is 2.23. The van der Waals surface area contributed by atoms with Crippen molar-refractivity contribution in [2.45, 2.75) is 13.3 Å². The van der Waals surface area contributed by atoms with Crippen molar-refractivity contribution in [1.82, 2.24) is 0 Å². The third-order valence-electron chi connectivity index (χ3n) is 3.48. The molecule has 3 rings (SSSR count). The second-order valence-corrected chi connectivity index (χ2v) is 7.08. The maximum Gasteiger partial charge on any atom is 0.131 e. The molecule has 3 aromatic rings. The van der Waals surface area contributed by atoms with Crippen LogP contribution in [0.15, 0.2) is 59.1 Å². The van der Waals surface area contributed by atoms with Gasteiger partial charge >= 0.3 is 0 Å². The number of thiophene rings is 1. The van der Waals surface area contributed by atoms with E-state index < -0.39 is 0 Å². The minimum absolute atomic E-state index is 0.162. The molecule has 0 saturated heterocycles. The van der Waals surface area contributed by atoms with Gasteiger partial charge in [0, 0.05) is 26.2 Å². The third-order valence-corrected chi connectivity index (χ3v) is 5.09. The molecule has 0 bridgehead atoms. The summed E-state index contributed by atoms with van der Waals surface area (Å²) in [6.45, 7) is 2.12. The average Bonchev–Trinajstić information content (AvgIpc) is 2.92. The van der Waals surface area contributed by atoms with Crippen molar-refractivity contribution in [2.75, 3.05) is 0 Å². The summed E-state index contributed by atoms with van der Waals surface area (Å²) < 4.78 is 14.9. The Labute approximate surface area is 136 Å². The second kappa shape index (κ2) is 6.12. The number of hydrogen-bond acceptors (Lipinski definition) is 1. The highest BCUT2D eigenvalue weighted by atomic mass is 79.9. The molecule has 0 nitrogen and oxygen atoms in total. The van der Waals surface area contributed by atoms with Crippen molar-refractivity contribution in [3.63, 3.8) is 0 Å². The highest BCUT2D eigenvalue weighted by Crippen LogP contribution is 2.31. The molecule has 0 aliphatic heterocycles. The van der Waals surface area contributed by atoms with Crippen LogP contribution in [0.2, 0.25) is 0 Å². The maximum absolute atomic E-state index is 13.8. The topological polar surface area (TPSA) is 0 Å². The van der Waals surface area contributed by atoms with E-state index in [0.29, 0.717) is 5.56 Å². The van der Waals surface area contributed by atoms with Gasteiger partial charge in [-0.3, -0.25) is 0 Å². The molecule has 0 amide bonds. The Hall–Kier alpha value is -1.45. The number of aryl methyl sites for hydroxylation is 1. The highest BCUT2D eigenvalue weighted by molar-refractivity contribution is 9.10. The molecule has 21 heavy (non-hydrogen) atoms. The molecule has 0 spiro atoms. The lowest BCUT2D eigenvalue weighted by atomic mass is 10.1. The molecule has 0 atom stereocenters. The molecular weight excluding hydrogens is 347 g/mol. The zero-order valence-electron chi connectivity index (χ0n) is 11.6. The van der Waals surface area contributed by atoms with Crippen molar-refractivity contribution in [1.29, 1.82) is 0 Å². The van der Waals surface area contributed by atoms with Crippen LogP contribution in [0.1, 0.15) is 16.0 Å². The fourth-order valence-corrected chi connectivity index (χ4v) is 3.76.